The molecular formula is C102H106BrN15O12S. The highest BCUT2D eigenvalue weighted by molar-refractivity contribution is 9.10. The van der Waals surface area contributed by atoms with E-state index in [0.29, 0.717) is 67.4 Å². The molecule has 0 saturated carbocycles. The summed E-state index contributed by atoms with van der Waals surface area (Å²) in [6.45, 7) is 3.40. The first-order valence-electron chi connectivity index (χ1n) is 44.3. The number of nitrogens with zero attached hydrogens (tertiary/aromatic N) is 11. The number of Topliss-reactive ketones (excluding diaryl/α,β-unsaturated/α-hetero) is 1. The van der Waals surface area contributed by atoms with E-state index in [1.165, 1.54) is 103 Å². The van der Waals surface area contributed by atoms with Gasteiger partial charge in [-0.15, -0.1) is 0 Å². The lowest BCUT2D eigenvalue weighted by Gasteiger charge is -2.17. The van der Waals surface area contributed by atoms with Crippen LogP contribution in [0.25, 0.3) is 23.8 Å². The Balaban J connectivity index is 0.000000134. The summed E-state index contributed by atoms with van der Waals surface area (Å²) in [7, 11) is -3.89. The normalized spacial score (nSPS) is 16.3. The van der Waals surface area contributed by atoms with Gasteiger partial charge < -0.3 is 31.6 Å². The van der Waals surface area contributed by atoms with Crippen molar-refractivity contribution < 1.29 is 56.6 Å². The number of halogens is 1. The molecule has 5 aliphatic carbocycles. The van der Waals surface area contributed by atoms with Gasteiger partial charge in [-0.2, -0.15) is 8.42 Å². The maximum absolute atomic E-state index is 12.1. The first kappa shape index (κ1) is 96.2. The number of aromatic nitrogens is 9. The zero-order chi connectivity index (χ0) is 92.1. The predicted octanol–water partition coefficient (Wildman–Crippen LogP) is 18.8. The van der Waals surface area contributed by atoms with Gasteiger partial charge in [0.2, 0.25) is 23.6 Å². The molecule has 0 spiro atoms. The number of benzene rings is 2. The minimum atomic E-state index is -3.89. The number of allylic oxidation sites excluding steroid dienone is 2. The topological polar surface area (TPSA) is 392 Å². The van der Waals surface area contributed by atoms with Crippen LogP contribution in [0.2, 0.25) is 0 Å². The minimum absolute atomic E-state index is 0.00763. The molecule has 0 radical (unpaired) electrons. The highest BCUT2D eigenvalue weighted by Gasteiger charge is 2.24. The monoisotopic (exact) mass is 1840 g/mol. The van der Waals surface area contributed by atoms with Crippen molar-refractivity contribution in [3.05, 3.63) is 319 Å². The Morgan fingerprint density at radius 2 is 0.809 bits per heavy atom. The standard InChI is InChI=1S/C16H16N2O3S.C16H15N.C13H14N2O2.C12H12N2O3.C9H9BrN2O.2C9H10N2O.C9H9NO.C9H11N/c1-12-7-9-14(10-8-12)22(19,20)21-18-15-6-2-4-13-5-3-11-17-16(13)15;1-2-6-13(7-3-1)12-15-9-4-8-14-10-5-11-17-16(14)15;1-9(16)5-6-10-7-11-3-2-4-12(17)15-13(11)14-8-10;15-10-3-1-2-9-6-8(4-5-11(16)17)7-13-12(9)14-10;10-7-4-6-2-1-3-8(13)12-9(6)11-5-7;12-8-5-1-3-7-4-2-6-10-9(7)11-8;12-11-8-5-1-3-7-4-2-6-10-9(7)8;11-8-5-1-3-7-4-2-6-10-9(7)8;1-2-6-9-8(4-1)5-3-7-10-9/h3,5,7-11H,2,4,6H2,1H3;1-3,5-7,10-12H,4,8-9H2;5-8H,2-4H2,1H3,(H,14,15,17);4-7H,1-3H2,(H,16,17)(H,13,14,15);4-5H,1-3H2,(H,11,12,13);2,4,6H,1,3,5H2,(H,10,11,12);2,4,6,12H,1,3,5H2;2,4,6H,1,3,5H2;3,5,7H,1-2,4,6H2/b18-15+;15-12+;6-5+;5-4+;;;11-8+;;. The summed E-state index contributed by atoms with van der Waals surface area (Å²) in [5, 5.41) is 35.4. The van der Waals surface area contributed by atoms with E-state index in [0.717, 1.165) is 193 Å². The van der Waals surface area contributed by atoms with Crippen LogP contribution in [0.1, 0.15) is 228 Å². The Bertz CT molecular complexity index is 6030. The molecule has 27 nitrogen and oxygen atoms in total. The lowest BCUT2D eigenvalue weighted by atomic mass is 9.90. The molecule has 13 heterocycles. The van der Waals surface area contributed by atoms with Gasteiger partial charge in [0.25, 0.3) is 0 Å². The van der Waals surface area contributed by atoms with Crippen molar-refractivity contribution in [1.29, 1.82) is 0 Å². The summed E-state index contributed by atoms with van der Waals surface area (Å²) in [5.74, 6) is 2.03. The van der Waals surface area contributed by atoms with Gasteiger partial charge in [0, 0.05) is 104 Å². The highest BCUT2D eigenvalue weighted by atomic mass is 79.9. The summed E-state index contributed by atoms with van der Waals surface area (Å²) in [6, 6.07) is 46.8. The average Bonchev–Trinajstić information content (AvgIpc) is 1.77. The van der Waals surface area contributed by atoms with Crippen LogP contribution in [0, 0.1) is 6.92 Å². The third-order valence-corrected chi connectivity index (χ3v) is 23.8. The van der Waals surface area contributed by atoms with Crippen LogP contribution < -0.4 is 21.3 Å². The number of nitrogens with one attached hydrogen (secondary N) is 4. The third kappa shape index (κ3) is 30.1. The number of oxime groups is 2. The number of hydrogen-bond donors (Lipinski definition) is 6. The number of hydrogen-bond acceptors (Lipinski definition) is 22. The molecule has 29 heteroatoms. The number of anilines is 4. The molecule has 9 aromatic heterocycles. The molecule has 0 fully saturated rings. The second-order valence-corrected chi connectivity index (χ2v) is 34.6. The lowest BCUT2D eigenvalue weighted by molar-refractivity contribution is -0.131. The molecule has 0 atom stereocenters. The third-order valence-electron chi connectivity index (χ3n) is 22.2. The maximum Gasteiger partial charge on any atom is 0.358 e. The summed E-state index contributed by atoms with van der Waals surface area (Å²) in [5.41, 5.74) is 21.8. The molecule has 4 amide bonds. The second-order valence-electron chi connectivity index (χ2n) is 32.2. The molecule has 0 bridgehead atoms. The zero-order valence-electron chi connectivity index (χ0n) is 73.4. The number of carbonyl (C=O) groups excluding carboxylic acids is 6. The van der Waals surface area contributed by atoms with Gasteiger partial charge in [-0.3, -0.25) is 58.0 Å². The van der Waals surface area contributed by atoms with E-state index < -0.39 is 16.1 Å². The summed E-state index contributed by atoms with van der Waals surface area (Å²) in [6.07, 6.45) is 49.4. The number of aryl methyl sites for hydroxylation is 11. The van der Waals surface area contributed by atoms with Gasteiger partial charge in [0.05, 0.1) is 17.1 Å². The molecule has 2 aromatic carbocycles. The molecule has 20 rings (SSSR count). The summed E-state index contributed by atoms with van der Waals surface area (Å²) < 4.78 is 30.1. The van der Waals surface area contributed by atoms with Crippen LogP contribution in [0.15, 0.2) is 233 Å². The molecular weight excluding hydrogens is 1740 g/mol. The molecule has 4 aliphatic heterocycles. The number of pyridine rings is 9. The average molecular weight is 1850 g/mol. The SMILES string of the molecule is C(=C1/CCCc2cccnc21)/c1ccccc1.CC(=O)/C=C/c1cnc2c(c1)CCCC(=O)N2.Cc1ccc(S(=O)(=O)O/N=C2\CCCc3cccnc32)cc1.O/N=C1\CCCc2cccnc21.O=C(O)/C=C/c1cnc2c(c1)CCCC(=O)N2.O=C1CCCc2cc(Br)cnc2N1.O=C1CCCc2cccnc21.O=C1CCCc2cccnc2N1.c1cnc2c(c1)CCCC2. The molecule has 9 aliphatic rings. The van der Waals surface area contributed by atoms with Gasteiger partial charge in [-0.25, -0.2) is 24.7 Å². The fourth-order valence-corrected chi connectivity index (χ4v) is 16.8. The second kappa shape index (κ2) is 49.6. The largest absolute Gasteiger partial charge is 0.478 e. The van der Waals surface area contributed by atoms with Gasteiger partial charge in [0.15, 0.2) is 11.6 Å². The molecule has 11 aromatic rings. The van der Waals surface area contributed by atoms with Gasteiger partial charge in [-0.05, 0) is 341 Å². The van der Waals surface area contributed by atoms with E-state index in [1.54, 1.807) is 61.6 Å². The van der Waals surface area contributed by atoms with Crippen molar-refractivity contribution in [3.63, 3.8) is 0 Å². The van der Waals surface area contributed by atoms with Crippen LogP contribution in [0.5, 0.6) is 0 Å². The Morgan fingerprint density at radius 3 is 1.34 bits per heavy atom. The van der Waals surface area contributed by atoms with Crippen molar-refractivity contribution in [2.75, 3.05) is 21.3 Å². The smallest absolute Gasteiger partial charge is 0.358 e. The van der Waals surface area contributed by atoms with Crippen LogP contribution in [-0.4, -0.2) is 116 Å². The van der Waals surface area contributed by atoms with Crippen LogP contribution in [0.4, 0.5) is 23.3 Å². The fourth-order valence-electron chi connectivity index (χ4n) is 15.6. The van der Waals surface area contributed by atoms with E-state index in [1.807, 2.05) is 98.2 Å². The first-order valence-corrected chi connectivity index (χ1v) is 46.5. The Morgan fingerprint density at radius 1 is 0.397 bits per heavy atom. The quantitative estimate of drug-likeness (QED) is 0.0467. The van der Waals surface area contributed by atoms with Crippen molar-refractivity contribution in [1.82, 2.24) is 44.9 Å². The number of ketones is 2. The van der Waals surface area contributed by atoms with Crippen molar-refractivity contribution >= 4 is 126 Å². The molecule has 6 N–H and O–H groups in total. The van der Waals surface area contributed by atoms with Crippen molar-refractivity contribution in [3.8, 4) is 0 Å². The number of fused-ring (bicyclic) bond motifs is 9. The van der Waals surface area contributed by atoms with Crippen LogP contribution >= 0.6 is 15.9 Å². The first-order chi connectivity index (χ1) is 63.7. The molecule has 0 saturated heterocycles. The van der Waals surface area contributed by atoms with Crippen LogP contribution in [-0.2, 0) is 107 Å². The summed E-state index contributed by atoms with van der Waals surface area (Å²) >= 11 is 3.36. The van der Waals surface area contributed by atoms with Crippen molar-refractivity contribution in [2.24, 2.45) is 10.3 Å². The van der Waals surface area contributed by atoms with E-state index in [2.05, 4.69) is 141 Å². The number of rotatable bonds is 8. The van der Waals surface area contributed by atoms with Crippen molar-refractivity contribution in [2.45, 2.75) is 199 Å². The maximum atomic E-state index is 12.1. The van der Waals surface area contributed by atoms with Crippen LogP contribution in [0.3, 0.4) is 0 Å². The molecule has 674 valence electrons. The van der Waals surface area contributed by atoms with E-state index in [-0.39, 0.29) is 40.1 Å². The highest BCUT2D eigenvalue weighted by Crippen LogP contribution is 2.32. The Labute approximate surface area is 771 Å². The molecule has 0 unspecified atom stereocenters. The molecule has 131 heavy (non-hydrogen) atoms. The van der Waals surface area contributed by atoms with E-state index in [9.17, 15) is 42.0 Å². The number of amides is 4. The van der Waals surface area contributed by atoms with E-state index in [4.69, 9.17) is 14.6 Å². The Kier molecular flexibility index (Phi) is 36.4. The summed E-state index contributed by atoms with van der Waals surface area (Å²) in [4.78, 5) is 115. The van der Waals surface area contributed by atoms with Gasteiger partial charge in [-0.1, -0.05) is 94.7 Å². The number of aliphatic carboxylic acids is 1. The van der Waals surface area contributed by atoms with Gasteiger partial charge >= 0.3 is 16.1 Å². The Hall–Kier alpha value is -13.9. The number of carboxylic acids is 1. The minimum Gasteiger partial charge on any atom is -0.478 e. The lowest BCUT2D eigenvalue weighted by Crippen LogP contribution is -2.15. The van der Waals surface area contributed by atoms with E-state index >= 15 is 0 Å². The predicted molar refractivity (Wildman–Crippen MR) is 510 cm³/mol. The van der Waals surface area contributed by atoms with Gasteiger partial charge in [0.1, 0.15) is 45.3 Å². The fraction of sp³-hybridized carbons (Fsp3) is 0.294. The number of carboxylic acid groups (broad SMARTS) is 1. The number of carbonyl (C=O) groups is 7. The zero-order valence-corrected chi connectivity index (χ0v) is 75.8.